The van der Waals surface area contributed by atoms with E-state index >= 15 is 0 Å². The third-order valence-corrected chi connectivity index (χ3v) is 6.11. The van der Waals surface area contributed by atoms with Crippen molar-refractivity contribution in [2.75, 3.05) is 14.1 Å². The molecule has 1 amide bonds. The molecule has 1 heterocycles. The van der Waals surface area contributed by atoms with Crippen LogP contribution < -0.4 is 5.32 Å². The minimum atomic E-state index is -3.58. The number of sulfonamides is 1. The van der Waals surface area contributed by atoms with Gasteiger partial charge in [-0.15, -0.1) is 0 Å². The highest BCUT2D eigenvalue weighted by molar-refractivity contribution is 7.89. The number of nitrogens with one attached hydrogen (secondary N) is 1. The van der Waals surface area contributed by atoms with Gasteiger partial charge in [0.25, 0.3) is 5.91 Å². The van der Waals surface area contributed by atoms with Crippen LogP contribution in [0.2, 0.25) is 0 Å². The Labute approximate surface area is 163 Å². The Balaban J connectivity index is 1.68. The summed E-state index contributed by atoms with van der Waals surface area (Å²) in [5, 5.41) is 6.83. The van der Waals surface area contributed by atoms with Crippen molar-refractivity contribution in [1.82, 2.24) is 24.4 Å². The zero-order valence-corrected chi connectivity index (χ0v) is 16.4. The van der Waals surface area contributed by atoms with Crippen molar-refractivity contribution >= 4 is 15.9 Å². The molecule has 0 aliphatic carbocycles. The largest absolute Gasteiger partial charge is 0.348 e. The van der Waals surface area contributed by atoms with Crippen LogP contribution in [0.25, 0.3) is 0 Å². The van der Waals surface area contributed by atoms with Gasteiger partial charge in [-0.2, -0.15) is 5.10 Å². The van der Waals surface area contributed by atoms with Gasteiger partial charge in [-0.3, -0.25) is 4.79 Å². The van der Waals surface area contributed by atoms with Gasteiger partial charge in [-0.1, -0.05) is 30.3 Å². The van der Waals surface area contributed by atoms with Crippen LogP contribution in [-0.2, 0) is 23.1 Å². The molecule has 1 aromatic heterocycles. The third-order valence-electron chi connectivity index (χ3n) is 4.20. The van der Waals surface area contributed by atoms with Gasteiger partial charge in [0, 0.05) is 26.2 Å². The first-order chi connectivity index (χ1) is 13.4. The summed E-state index contributed by atoms with van der Waals surface area (Å²) in [7, 11) is -0.626. The number of hydrogen-bond acceptors (Lipinski definition) is 5. The number of rotatable bonds is 7. The lowest BCUT2D eigenvalue weighted by molar-refractivity contribution is 0.0950. The zero-order chi connectivity index (χ0) is 20.1. The number of aromatic nitrogens is 3. The van der Waals surface area contributed by atoms with E-state index in [1.807, 2.05) is 12.1 Å². The Morgan fingerprint density at radius 3 is 2.46 bits per heavy atom. The molecule has 0 bridgehead atoms. The fourth-order valence-corrected chi connectivity index (χ4v) is 3.75. The van der Waals surface area contributed by atoms with Crippen molar-refractivity contribution in [3.05, 3.63) is 77.9 Å². The predicted octanol–water partition coefficient (Wildman–Crippen LogP) is 1.51. The van der Waals surface area contributed by atoms with Crippen molar-refractivity contribution in [2.24, 2.45) is 0 Å². The second-order valence-corrected chi connectivity index (χ2v) is 8.49. The van der Waals surface area contributed by atoms with E-state index in [0.717, 1.165) is 9.87 Å². The molecule has 2 aromatic carbocycles. The molecule has 0 saturated heterocycles. The molecule has 0 radical (unpaired) electrons. The summed E-state index contributed by atoms with van der Waals surface area (Å²) < 4.78 is 27.7. The van der Waals surface area contributed by atoms with Crippen LogP contribution in [0.5, 0.6) is 0 Å². The van der Waals surface area contributed by atoms with Gasteiger partial charge in [-0.25, -0.2) is 22.4 Å². The summed E-state index contributed by atoms with van der Waals surface area (Å²) in [5.41, 5.74) is 2.02. The minimum Gasteiger partial charge on any atom is -0.348 e. The fraction of sp³-hybridized carbons (Fsp3) is 0.211. The quantitative estimate of drug-likeness (QED) is 0.649. The van der Waals surface area contributed by atoms with Crippen LogP contribution in [0.3, 0.4) is 0 Å². The molecule has 8 nitrogen and oxygen atoms in total. The van der Waals surface area contributed by atoms with Gasteiger partial charge in [-0.05, 0) is 29.3 Å². The molecule has 0 atom stereocenters. The number of hydrogen-bond donors (Lipinski definition) is 1. The molecule has 1 N–H and O–H groups in total. The van der Waals surface area contributed by atoms with Crippen molar-refractivity contribution in [2.45, 2.75) is 18.0 Å². The molecule has 9 heteroatoms. The summed E-state index contributed by atoms with van der Waals surface area (Å²) in [5.74, 6) is -0.274. The van der Waals surface area contributed by atoms with E-state index in [2.05, 4.69) is 15.4 Å². The molecule has 0 aliphatic rings. The first-order valence-electron chi connectivity index (χ1n) is 8.58. The van der Waals surface area contributed by atoms with E-state index < -0.39 is 10.0 Å². The lowest BCUT2D eigenvalue weighted by atomic mass is 10.1. The van der Waals surface area contributed by atoms with E-state index in [4.69, 9.17) is 0 Å². The van der Waals surface area contributed by atoms with Crippen molar-refractivity contribution in [1.29, 1.82) is 0 Å². The van der Waals surface area contributed by atoms with Crippen LogP contribution in [-0.4, -0.2) is 47.5 Å². The Morgan fingerprint density at radius 1 is 1.11 bits per heavy atom. The monoisotopic (exact) mass is 399 g/mol. The number of nitrogens with zero attached hydrogens (tertiary/aromatic N) is 4. The second kappa shape index (κ2) is 8.32. The van der Waals surface area contributed by atoms with Gasteiger partial charge in [0.2, 0.25) is 10.0 Å². The van der Waals surface area contributed by atoms with E-state index in [0.29, 0.717) is 17.7 Å². The molecule has 0 unspecified atom stereocenters. The summed E-state index contributed by atoms with van der Waals surface area (Å²) in [6.07, 6.45) is 3.09. The van der Waals surface area contributed by atoms with E-state index in [1.165, 1.54) is 26.5 Å². The van der Waals surface area contributed by atoms with E-state index in [1.54, 1.807) is 41.3 Å². The molecular formula is C19H21N5O3S. The number of carbonyl (C=O) groups excluding carboxylic acids is 1. The van der Waals surface area contributed by atoms with Crippen LogP contribution in [0, 0.1) is 0 Å². The normalized spacial score (nSPS) is 11.5. The Bertz CT molecular complexity index is 1050. The molecule has 3 aromatic rings. The lowest BCUT2D eigenvalue weighted by Crippen LogP contribution is -2.27. The van der Waals surface area contributed by atoms with Gasteiger partial charge in [0.15, 0.2) is 0 Å². The van der Waals surface area contributed by atoms with Crippen LogP contribution in [0.4, 0.5) is 0 Å². The fourth-order valence-electron chi connectivity index (χ4n) is 2.64. The molecule has 0 fully saturated rings. The second-order valence-electron chi connectivity index (χ2n) is 6.37. The van der Waals surface area contributed by atoms with Gasteiger partial charge in [0.1, 0.15) is 12.7 Å². The van der Waals surface area contributed by atoms with Gasteiger partial charge >= 0.3 is 0 Å². The molecular weight excluding hydrogens is 378 g/mol. The summed E-state index contributed by atoms with van der Waals surface area (Å²) in [4.78, 5) is 16.5. The third kappa shape index (κ3) is 4.44. The SMILES string of the molecule is CN(C)S(=O)(=O)c1ccccc1CNC(=O)c1ccc(Cn2cncn2)cc1. The van der Waals surface area contributed by atoms with E-state index in [-0.39, 0.29) is 17.3 Å². The molecule has 146 valence electrons. The summed E-state index contributed by atoms with van der Waals surface area (Å²) in [6.45, 7) is 0.681. The topological polar surface area (TPSA) is 97.2 Å². The molecule has 0 spiro atoms. The highest BCUT2D eigenvalue weighted by Gasteiger charge is 2.20. The number of amides is 1. The van der Waals surface area contributed by atoms with Crippen LogP contribution in [0.15, 0.2) is 66.1 Å². The maximum Gasteiger partial charge on any atom is 0.251 e. The van der Waals surface area contributed by atoms with Crippen molar-refractivity contribution in [3.63, 3.8) is 0 Å². The predicted molar refractivity (Wildman–Crippen MR) is 104 cm³/mol. The standard InChI is InChI=1S/C19H21N5O3S/c1-23(2)28(26,27)18-6-4-3-5-17(18)11-21-19(25)16-9-7-15(8-10-16)12-24-14-20-13-22-24/h3-10,13-14H,11-12H2,1-2H3,(H,21,25). The highest BCUT2D eigenvalue weighted by Crippen LogP contribution is 2.18. The molecule has 28 heavy (non-hydrogen) atoms. The first kappa shape index (κ1) is 19.7. The average Bonchev–Trinajstić information content (AvgIpc) is 3.20. The molecule has 0 saturated carbocycles. The average molecular weight is 399 g/mol. The molecule has 3 rings (SSSR count). The van der Waals surface area contributed by atoms with Gasteiger partial charge < -0.3 is 5.32 Å². The van der Waals surface area contributed by atoms with E-state index in [9.17, 15) is 13.2 Å². The summed E-state index contributed by atoms with van der Waals surface area (Å²) >= 11 is 0. The highest BCUT2D eigenvalue weighted by atomic mass is 32.2. The Hall–Kier alpha value is -3.04. The summed E-state index contributed by atoms with van der Waals surface area (Å²) in [6, 6.07) is 13.8. The lowest BCUT2D eigenvalue weighted by Gasteiger charge is -2.15. The number of benzene rings is 2. The van der Waals surface area contributed by atoms with Crippen LogP contribution in [0.1, 0.15) is 21.5 Å². The Kier molecular flexibility index (Phi) is 5.86. The maximum atomic E-state index is 12.4. The molecule has 0 aliphatic heterocycles. The number of carbonyl (C=O) groups is 1. The zero-order valence-electron chi connectivity index (χ0n) is 15.6. The maximum absolute atomic E-state index is 12.4. The van der Waals surface area contributed by atoms with Gasteiger partial charge in [0.05, 0.1) is 11.4 Å². The van der Waals surface area contributed by atoms with Crippen molar-refractivity contribution < 1.29 is 13.2 Å². The minimum absolute atomic E-state index is 0.114. The van der Waals surface area contributed by atoms with Crippen molar-refractivity contribution in [3.8, 4) is 0 Å². The van der Waals surface area contributed by atoms with Crippen LogP contribution >= 0.6 is 0 Å². The Morgan fingerprint density at radius 2 is 1.82 bits per heavy atom. The smallest absolute Gasteiger partial charge is 0.251 e. The first-order valence-corrected chi connectivity index (χ1v) is 10.0.